The molecular formula is C17H23N3O. The fraction of sp³-hybridized carbons (Fsp3) is 0.471. The number of benzene rings is 1. The van der Waals surface area contributed by atoms with Crippen molar-refractivity contribution in [2.45, 2.75) is 39.3 Å². The summed E-state index contributed by atoms with van der Waals surface area (Å²) in [5, 5.41) is 7.41. The van der Waals surface area contributed by atoms with Crippen LogP contribution < -0.4 is 10.6 Å². The van der Waals surface area contributed by atoms with Crippen LogP contribution in [-0.2, 0) is 11.3 Å². The quantitative estimate of drug-likeness (QED) is 0.907. The Balaban J connectivity index is 1.76. The Morgan fingerprint density at radius 2 is 2.29 bits per heavy atom. The Kier molecular flexibility index (Phi) is 3.97. The lowest BCUT2D eigenvalue weighted by Gasteiger charge is -2.12. The van der Waals surface area contributed by atoms with E-state index in [4.69, 9.17) is 0 Å². The Labute approximate surface area is 125 Å². The largest absolute Gasteiger partial charge is 0.347 e. The summed E-state index contributed by atoms with van der Waals surface area (Å²) >= 11 is 0. The minimum absolute atomic E-state index is 0.0359. The molecule has 112 valence electrons. The van der Waals surface area contributed by atoms with Gasteiger partial charge in [-0.15, -0.1) is 0 Å². The molecule has 1 fully saturated rings. The van der Waals surface area contributed by atoms with E-state index in [-0.39, 0.29) is 11.9 Å². The number of carbonyl (C=O) groups excluding carboxylic acids is 1. The van der Waals surface area contributed by atoms with Gasteiger partial charge in [0.05, 0.1) is 6.04 Å². The molecule has 1 aliphatic heterocycles. The van der Waals surface area contributed by atoms with Crippen LogP contribution in [0.5, 0.6) is 0 Å². The number of aromatic nitrogens is 1. The topological polar surface area (TPSA) is 46.1 Å². The van der Waals surface area contributed by atoms with E-state index in [0.717, 1.165) is 31.6 Å². The Bertz CT molecular complexity index is 639. The first kappa shape index (κ1) is 14.1. The molecule has 1 aliphatic rings. The van der Waals surface area contributed by atoms with Crippen LogP contribution in [0, 0.1) is 5.92 Å². The molecule has 1 unspecified atom stereocenters. The van der Waals surface area contributed by atoms with E-state index in [1.165, 1.54) is 10.9 Å². The van der Waals surface area contributed by atoms with E-state index in [0.29, 0.717) is 5.92 Å². The molecular weight excluding hydrogens is 262 g/mol. The smallest absolute Gasteiger partial charge is 0.241 e. The van der Waals surface area contributed by atoms with Crippen molar-refractivity contribution in [2.75, 3.05) is 11.9 Å². The third kappa shape index (κ3) is 3.10. The van der Waals surface area contributed by atoms with Gasteiger partial charge in [0.25, 0.3) is 0 Å². The predicted molar refractivity (Wildman–Crippen MR) is 86.4 cm³/mol. The summed E-state index contributed by atoms with van der Waals surface area (Å²) in [4.78, 5) is 12.1. The van der Waals surface area contributed by atoms with E-state index < -0.39 is 0 Å². The summed E-state index contributed by atoms with van der Waals surface area (Å²) in [5.74, 6) is 0.696. The van der Waals surface area contributed by atoms with Gasteiger partial charge in [-0.1, -0.05) is 13.8 Å². The van der Waals surface area contributed by atoms with Crippen molar-refractivity contribution in [3.8, 4) is 0 Å². The first-order chi connectivity index (χ1) is 10.1. The lowest BCUT2D eigenvalue weighted by Crippen LogP contribution is -2.35. The molecule has 0 radical (unpaired) electrons. The number of rotatable bonds is 4. The maximum absolute atomic E-state index is 12.1. The van der Waals surface area contributed by atoms with E-state index >= 15 is 0 Å². The zero-order valence-electron chi connectivity index (χ0n) is 12.7. The van der Waals surface area contributed by atoms with Gasteiger partial charge in [-0.05, 0) is 49.6 Å². The van der Waals surface area contributed by atoms with Crippen molar-refractivity contribution in [3.05, 3.63) is 30.5 Å². The van der Waals surface area contributed by atoms with Crippen LogP contribution in [0.4, 0.5) is 5.69 Å². The van der Waals surface area contributed by atoms with Gasteiger partial charge in [0.1, 0.15) is 0 Å². The Hall–Kier alpha value is -1.81. The summed E-state index contributed by atoms with van der Waals surface area (Å²) in [6.45, 7) is 6.39. The summed E-state index contributed by atoms with van der Waals surface area (Å²) in [6.07, 6.45) is 4.13. The van der Waals surface area contributed by atoms with Crippen LogP contribution >= 0.6 is 0 Å². The number of anilines is 1. The zero-order chi connectivity index (χ0) is 14.8. The van der Waals surface area contributed by atoms with Crippen molar-refractivity contribution < 1.29 is 4.79 Å². The van der Waals surface area contributed by atoms with Gasteiger partial charge in [-0.2, -0.15) is 0 Å². The number of amides is 1. The molecule has 2 aromatic rings. The van der Waals surface area contributed by atoms with Crippen LogP contribution in [0.15, 0.2) is 30.5 Å². The number of carbonyl (C=O) groups is 1. The second-order valence-electron chi connectivity index (χ2n) is 6.27. The number of nitrogens with one attached hydrogen (secondary N) is 2. The van der Waals surface area contributed by atoms with Crippen molar-refractivity contribution in [1.29, 1.82) is 0 Å². The highest BCUT2D eigenvalue weighted by atomic mass is 16.2. The van der Waals surface area contributed by atoms with Crippen molar-refractivity contribution in [2.24, 2.45) is 5.92 Å². The van der Waals surface area contributed by atoms with Gasteiger partial charge in [0.15, 0.2) is 0 Å². The minimum atomic E-state index is -0.0359. The minimum Gasteiger partial charge on any atom is -0.347 e. The maximum atomic E-state index is 12.1. The SMILES string of the molecule is CC(C)Cn1ccc2cc(NC(=O)C3CCCN3)ccc21. The molecule has 4 nitrogen and oxygen atoms in total. The third-order valence-corrected chi connectivity index (χ3v) is 3.98. The molecule has 0 aliphatic carbocycles. The fourth-order valence-electron chi connectivity index (χ4n) is 2.97. The van der Waals surface area contributed by atoms with Crippen molar-refractivity contribution in [3.63, 3.8) is 0 Å². The molecule has 3 rings (SSSR count). The van der Waals surface area contributed by atoms with E-state index in [9.17, 15) is 4.79 Å². The van der Waals surface area contributed by atoms with Gasteiger partial charge >= 0.3 is 0 Å². The van der Waals surface area contributed by atoms with Gasteiger partial charge < -0.3 is 15.2 Å². The first-order valence-corrected chi connectivity index (χ1v) is 7.76. The Morgan fingerprint density at radius 1 is 1.43 bits per heavy atom. The van der Waals surface area contributed by atoms with Crippen LogP contribution in [-0.4, -0.2) is 23.1 Å². The highest BCUT2D eigenvalue weighted by Crippen LogP contribution is 2.22. The number of nitrogens with zero attached hydrogens (tertiary/aromatic N) is 1. The van der Waals surface area contributed by atoms with Crippen LogP contribution in [0.1, 0.15) is 26.7 Å². The van der Waals surface area contributed by atoms with Crippen LogP contribution in [0.3, 0.4) is 0 Å². The molecule has 2 N–H and O–H groups in total. The molecule has 4 heteroatoms. The molecule has 1 saturated heterocycles. The van der Waals surface area contributed by atoms with E-state index in [1.807, 2.05) is 6.07 Å². The molecule has 21 heavy (non-hydrogen) atoms. The molecule has 1 amide bonds. The fourth-order valence-corrected chi connectivity index (χ4v) is 2.97. The lowest BCUT2D eigenvalue weighted by molar-refractivity contribution is -0.117. The molecule has 1 aromatic carbocycles. The summed E-state index contributed by atoms with van der Waals surface area (Å²) < 4.78 is 2.27. The van der Waals surface area contributed by atoms with Crippen LogP contribution in [0.25, 0.3) is 10.9 Å². The normalized spacial score (nSPS) is 18.5. The van der Waals surface area contributed by atoms with Crippen LogP contribution in [0.2, 0.25) is 0 Å². The molecule has 1 aromatic heterocycles. The van der Waals surface area contributed by atoms with Gasteiger partial charge in [0.2, 0.25) is 5.91 Å². The van der Waals surface area contributed by atoms with Gasteiger partial charge in [-0.25, -0.2) is 0 Å². The van der Waals surface area contributed by atoms with E-state index in [2.05, 4.69) is 53.4 Å². The number of fused-ring (bicyclic) bond motifs is 1. The Morgan fingerprint density at radius 3 is 3.00 bits per heavy atom. The third-order valence-electron chi connectivity index (χ3n) is 3.98. The monoisotopic (exact) mass is 285 g/mol. The molecule has 2 heterocycles. The molecule has 0 saturated carbocycles. The van der Waals surface area contributed by atoms with Gasteiger partial charge in [-0.3, -0.25) is 4.79 Å². The predicted octanol–water partition coefficient (Wildman–Crippen LogP) is 2.99. The second-order valence-corrected chi connectivity index (χ2v) is 6.27. The highest BCUT2D eigenvalue weighted by molar-refractivity contribution is 5.97. The summed E-state index contributed by atoms with van der Waals surface area (Å²) in [6, 6.07) is 8.22. The van der Waals surface area contributed by atoms with Crippen molar-refractivity contribution >= 4 is 22.5 Å². The molecule has 0 bridgehead atoms. The average molecular weight is 285 g/mol. The highest BCUT2D eigenvalue weighted by Gasteiger charge is 2.21. The van der Waals surface area contributed by atoms with E-state index in [1.54, 1.807) is 0 Å². The first-order valence-electron chi connectivity index (χ1n) is 7.76. The van der Waals surface area contributed by atoms with Crippen molar-refractivity contribution in [1.82, 2.24) is 9.88 Å². The maximum Gasteiger partial charge on any atom is 0.241 e. The molecule has 0 spiro atoms. The number of hydrogen-bond acceptors (Lipinski definition) is 2. The molecule has 1 atom stereocenters. The number of hydrogen-bond donors (Lipinski definition) is 2. The summed E-state index contributed by atoms with van der Waals surface area (Å²) in [5.41, 5.74) is 2.10. The second kappa shape index (κ2) is 5.90. The average Bonchev–Trinajstić information content (AvgIpc) is 3.08. The standard InChI is InChI=1S/C17H23N3O/c1-12(2)11-20-9-7-13-10-14(5-6-16(13)20)19-17(21)15-4-3-8-18-15/h5-7,9-10,12,15,18H,3-4,8,11H2,1-2H3,(H,19,21). The summed E-state index contributed by atoms with van der Waals surface area (Å²) in [7, 11) is 0. The zero-order valence-corrected chi connectivity index (χ0v) is 12.7. The van der Waals surface area contributed by atoms with Gasteiger partial charge in [0, 0.05) is 29.3 Å². The lowest BCUT2D eigenvalue weighted by atomic mass is 10.2.